The predicted molar refractivity (Wildman–Crippen MR) is 69.9 cm³/mol. The van der Waals surface area contributed by atoms with Crippen LogP contribution < -0.4 is 10.1 Å². The Morgan fingerprint density at radius 2 is 2.37 bits per heavy atom. The lowest BCUT2D eigenvalue weighted by atomic mass is 10.1. The number of methoxy groups -OCH3 is 1. The van der Waals surface area contributed by atoms with Crippen molar-refractivity contribution in [1.82, 2.24) is 10.3 Å². The third-order valence-electron chi connectivity index (χ3n) is 2.69. The fourth-order valence-electron chi connectivity index (χ4n) is 1.72. The van der Waals surface area contributed by atoms with E-state index in [0.717, 1.165) is 17.0 Å². The number of nitrogens with one attached hydrogen (secondary N) is 1. The zero-order valence-electron chi connectivity index (χ0n) is 10.8. The molecule has 1 heterocycles. The Bertz CT molecular complexity index is 523. The lowest BCUT2D eigenvalue weighted by Gasteiger charge is -2.05. The molecule has 0 saturated heterocycles. The first-order valence-corrected chi connectivity index (χ1v) is 6.04. The standard InChI is InChI=1S/C14H16N2O3/c1-18-13-4-2-3-11(7-13)8-14(17)15-6-5-12-9-19-10-16-12/h2-4,7,9-10H,5-6,8H2,1H3,(H,15,17). The molecule has 2 aromatic rings. The van der Waals surface area contributed by atoms with Gasteiger partial charge in [0, 0.05) is 13.0 Å². The van der Waals surface area contributed by atoms with Crippen molar-refractivity contribution in [3.05, 3.63) is 48.2 Å². The van der Waals surface area contributed by atoms with Gasteiger partial charge in [0.25, 0.3) is 0 Å². The van der Waals surface area contributed by atoms with Crippen molar-refractivity contribution in [1.29, 1.82) is 0 Å². The molecule has 5 heteroatoms. The summed E-state index contributed by atoms with van der Waals surface area (Å²) in [5.74, 6) is 0.740. The molecule has 2 rings (SSSR count). The van der Waals surface area contributed by atoms with Crippen LogP contribution in [0.1, 0.15) is 11.3 Å². The van der Waals surface area contributed by atoms with Crippen LogP contribution in [-0.2, 0) is 17.6 Å². The van der Waals surface area contributed by atoms with Crippen LogP contribution in [0.2, 0.25) is 0 Å². The summed E-state index contributed by atoms with van der Waals surface area (Å²) < 4.78 is 9.97. The maximum absolute atomic E-state index is 11.7. The van der Waals surface area contributed by atoms with E-state index in [0.29, 0.717) is 19.4 Å². The number of ether oxygens (including phenoxy) is 1. The summed E-state index contributed by atoms with van der Waals surface area (Å²) in [6.07, 6.45) is 3.97. The smallest absolute Gasteiger partial charge is 0.224 e. The predicted octanol–water partition coefficient (Wildman–Crippen LogP) is 1.58. The third-order valence-corrected chi connectivity index (χ3v) is 2.69. The van der Waals surface area contributed by atoms with E-state index in [-0.39, 0.29) is 5.91 Å². The molecule has 0 fully saturated rings. The number of oxazole rings is 1. The summed E-state index contributed by atoms with van der Waals surface area (Å²) in [6, 6.07) is 7.49. The molecule has 5 nitrogen and oxygen atoms in total. The summed E-state index contributed by atoms with van der Waals surface area (Å²) in [6.45, 7) is 0.551. The highest BCUT2D eigenvalue weighted by Crippen LogP contribution is 2.12. The lowest BCUT2D eigenvalue weighted by Crippen LogP contribution is -2.27. The van der Waals surface area contributed by atoms with E-state index in [2.05, 4.69) is 10.3 Å². The van der Waals surface area contributed by atoms with Crippen molar-refractivity contribution in [3.8, 4) is 5.75 Å². The fourth-order valence-corrected chi connectivity index (χ4v) is 1.72. The average molecular weight is 260 g/mol. The molecule has 100 valence electrons. The Kier molecular flexibility index (Phi) is 4.55. The number of carbonyl (C=O) groups is 1. The molecule has 1 amide bonds. The number of hydrogen-bond acceptors (Lipinski definition) is 4. The van der Waals surface area contributed by atoms with E-state index in [9.17, 15) is 4.79 Å². The van der Waals surface area contributed by atoms with Crippen molar-refractivity contribution in [3.63, 3.8) is 0 Å². The second kappa shape index (κ2) is 6.58. The van der Waals surface area contributed by atoms with Gasteiger partial charge in [-0.3, -0.25) is 4.79 Å². The quantitative estimate of drug-likeness (QED) is 0.856. The van der Waals surface area contributed by atoms with E-state index in [1.54, 1.807) is 13.4 Å². The first-order chi connectivity index (χ1) is 9.28. The van der Waals surface area contributed by atoms with Crippen LogP contribution in [0.4, 0.5) is 0 Å². The van der Waals surface area contributed by atoms with E-state index < -0.39 is 0 Å². The Morgan fingerprint density at radius 1 is 1.47 bits per heavy atom. The Hall–Kier alpha value is -2.30. The first-order valence-electron chi connectivity index (χ1n) is 6.04. The molecule has 1 N–H and O–H groups in total. The van der Waals surface area contributed by atoms with Gasteiger partial charge in [-0.05, 0) is 17.7 Å². The molecule has 1 aromatic carbocycles. The van der Waals surface area contributed by atoms with Gasteiger partial charge in [0.05, 0.1) is 19.2 Å². The van der Waals surface area contributed by atoms with Gasteiger partial charge in [-0.2, -0.15) is 0 Å². The highest BCUT2D eigenvalue weighted by atomic mass is 16.5. The van der Waals surface area contributed by atoms with Gasteiger partial charge in [0.2, 0.25) is 5.91 Å². The van der Waals surface area contributed by atoms with Gasteiger partial charge in [0.15, 0.2) is 6.39 Å². The zero-order valence-corrected chi connectivity index (χ0v) is 10.8. The monoisotopic (exact) mass is 260 g/mol. The van der Waals surface area contributed by atoms with Crippen LogP contribution in [0, 0.1) is 0 Å². The van der Waals surface area contributed by atoms with Crippen LogP contribution >= 0.6 is 0 Å². The highest BCUT2D eigenvalue weighted by molar-refractivity contribution is 5.78. The van der Waals surface area contributed by atoms with E-state index in [1.807, 2.05) is 24.3 Å². The molecule has 0 aliphatic carbocycles. The van der Waals surface area contributed by atoms with E-state index in [4.69, 9.17) is 9.15 Å². The molecule has 0 atom stereocenters. The maximum Gasteiger partial charge on any atom is 0.224 e. The number of benzene rings is 1. The minimum absolute atomic E-state index is 0.0169. The maximum atomic E-state index is 11.7. The lowest BCUT2D eigenvalue weighted by molar-refractivity contribution is -0.120. The highest BCUT2D eigenvalue weighted by Gasteiger charge is 2.04. The zero-order chi connectivity index (χ0) is 13.5. The molecule has 0 saturated carbocycles. The molecule has 0 aliphatic rings. The van der Waals surface area contributed by atoms with Crippen LogP contribution in [0.3, 0.4) is 0 Å². The van der Waals surface area contributed by atoms with Gasteiger partial charge in [-0.15, -0.1) is 0 Å². The van der Waals surface area contributed by atoms with Gasteiger partial charge in [-0.25, -0.2) is 4.98 Å². The second-order valence-electron chi connectivity index (χ2n) is 4.11. The fraction of sp³-hybridized carbons (Fsp3) is 0.286. The van der Waals surface area contributed by atoms with Crippen LogP contribution in [0.25, 0.3) is 0 Å². The average Bonchev–Trinajstić information content (AvgIpc) is 2.92. The molecule has 0 radical (unpaired) electrons. The minimum atomic E-state index is -0.0169. The van der Waals surface area contributed by atoms with Crippen LogP contribution in [-0.4, -0.2) is 24.5 Å². The summed E-state index contributed by atoms with van der Waals surface area (Å²) in [7, 11) is 1.61. The van der Waals surface area contributed by atoms with Crippen molar-refractivity contribution in [2.75, 3.05) is 13.7 Å². The molecule has 0 bridgehead atoms. The number of carbonyl (C=O) groups excluding carboxylic acids is 1. The summed E-state index contributed by atoms with van der Waals surface area (Å²) in [5.41, 5.74) is 1.76. The number of nitrogens with zero attached hydrogens (tertiary/aromatic N) is 1. The molecule has 1 aromatic heterocycles. The molecule has 0 unspecified atom stereocenters. The van der Waals surface area contributed by atoms with Gasteiger partial charge < -0.3 is 14.5 Å². The molecule has 0 spiro atoms. The molecule has 0 aliphatic heterocycles. The first kappa shape index (κ1) is 13.1. The van der Waals surface area contributed by atoms with Crippen LogP contribution in [0.15, 0.2) is 41.3 Å². The summed E-state index contributed by atoms with van der Waals surface area (Å²) in [4.78, 5) is 15.7. The van der Waals surface area contributed by atoms with Crippen molar-refractivity contribution in [2.24, 2.45) is 0 Å². The Morgan fingerprint density at radius 3 is 3.11 bits per heavy atom. The second-order valence-corrected chi connectivity index (χ2v) is 4.11. The molecule has 19 heavy (non-hydrogen) atoms. The summed E-state index contributed by atoms with van der Waals surface area (Å²) >= 11 is 0. The normalized spacial score (nSPS) is 10.2. The van der Waals surface area contributed by atoms with Gasteiger partial charge in [-0.1, -0.05) is 12.1 Å². The van der Waals surface area contributed by atoms with E-state index in [1.165, 1.54) is 6.39 Å². The largest absolute Gasteiger partial charge is 0.497 e. The van der Waals surface area contributed by atoms with Gasteiger partial charge in [0.1, 0.15) is 12.0 Å². The van der Waals surface area contributed by atoms with Crippen molar-refractivity contribution < 1.29 is 13.9 Å². The van der Waals surface area contributed by atoms with Crippen LogP contribution in [0.5, 0.6) is 5.75 Å². The Balaban J connectivity index is 1.77. The summed E-state index contributed by atoms with van der Waals surface area (Å²) in [5, 5.41) is 2.85. The number of aromatic nitrogens is 1. The number of amides is 1. The third kappa shape index (κ3) is 4.13. The Labute approximate surface area is 111 Å². The SMILES string of the molecule is COc1cccc(CC(=O)NCCc2cocn2)c1. The van der Waals surface area contributed by atoms with Crippen molar-refractivity contribution >= 4 is 5.91 Å². The topological polar surface area (TPSA) is 64.4 Å². The molecular weight excluding hydrogens is 244 g/mol. The van der Waals surface area contributed by atoms with E-state index >= 15 is 0 Å². The molecular formula is C14H16N2O3. The van der Waals surface area contributed by atoms with Gasteiger partial charge >= 0.3 is 0 Å². The minimum Gasteiger partial charge on any atom is -0.497 e. The number of rotatable bonds is 6. The number of hydrogen-bond donors (Lipinski definition) is 1. The van der Waals surface area contributed by atoms with Crippen molar-refractivity contribution in [2.45, 2.75) is 12.8 Å².